The van der Waals surface area contributed by atoms with Crippen LogP contribution in [0.2, 0.25) is 0 Å². The molecule has 0 bridgehead atoms. The van der Waals surface area contributed by atoms with E-state index in [1.165, 1.54) is 5.56 Å². The number of nitrogens with zero attached hydrogens (tertiary/aromatic N) is 1. The van der Waals surface area contributed by atoms with Gasteiger partial charge in [0.1, 0.15) is 0 Å². The molecule has 1 aromatic rings. The van der Waals surface area contributed by atoms with Gasteiger partial charge in [-0.2, -0.15) is 0 Å². The van der Waals surface area contributed by atoms with Gasteiger partial charge in [-0.1, -0.05) is 17.7 Å². The third-order valence-corrected chi connectivity index (χ3v) is 3.18. The number of rotatable bonds is 2. The molecule has 1 aromatic carbocycles. The SMILES string of the molecule is Cc1ccc(N2CC(CN)CC2=O)c(C)c1. The molecule has 0 radical (unpaired) electrons. The fraction of sp³-hybridized carbons (Fsp3) is 0.462. The first-order valence-electron chi connectivity index (χ1n) is 5.69. The molecule has 3 heteroatoms. The number of nitrogens with two attached hydrogens (primary N) is 1. The fourth-order valence-electron chi connectivity index (χ4n) is 2.28. The third kappa shape index (κ3) is 1.95. The van der Waals surface area contributed by atoms with E-state index < -0.39 is 0 Å². The average Bonchev–Trinajstić information content (AvgIpc) is 2.60. The van der Waals surface area contributed by atoms with Crippen LogP contribution < -0.4 is 10.6 Å². The number of carbonyl (C=O) groups excluding carboxylic acids is 1. The topological polar surface area (TPSA) is 46.3 Å². The summed E-state index contributed by atoms with van der Waals surface area (Å²) in [5, 5.41) is 0. The van der Waals surface area contributed by atoms with Crippen molar-refractivity contribution in [1.82, 2.24) is 0 Å². The van der Waals surface area contributed by atoms with Crippen LogP contribution in [0.4, 0.5) is 5.69 Å². The molecule has 0 aromatic heterocycles. The van der Waals surface area contributed by atoms with Gasteiger partial charge in [-0.15, -0.1) is 0 Å². The van der Waals surface area contributed by atoms with Crippen molar-refractivity contribution in [3.8, 4) is 0 Å². The van der Waals surface area contributed by atoms with Gasteiger partial charge in [0.2, 0.25) is 5.91 Å². The van der Waals surface area contributed by atoms with Gasteiger partial charge in [0.25, 0.3) is 0 Å². The van der Waals surface area contributed by atoms with E-state index in [-0.39, 0.29) is 5.91 Å². The van der Waals surface area contributed by atoms with Gasteiger partial charge in [-0.3, -0.25) is 4.79 Å². The van der Waals surface area contributed by atoms with E-state index in [1.807, 2.05) is 24.0 Å². The van der Waals surface area contributed by atoms with E-state index in [4.69, 9.17) is 5.73 Å². The van der Waals surface area contributed by atoms with Crippen LogP contribution in [0.15, 0.2) is 18.2 Å². The smallest absolute Gasteiger partial charge is 0.227 e. The second-order valence-electron chi connectivity index (χ2n) is 4.60. The Kier molecular flexibility index (Phi) is 2.97. The number of hydrogen-bond donors (Lipinski definition) is 1. The molecule has 16 heavy (non-hydrogen) atoms. The van der Waals surface area contributed by atoms with Crippen LogP contribution in [0.3, 0.4) is 0 Å². The zero-order valence-corrected chi connectivity index (χ0v) is 9.86. The summed E-state index contributed by atoms with van der Waals surface area (Å²) < 4.78 is 0. The van der Waals surface area contributed by atoms with Crippen LogP contribution in [0, 0.1) is 19.8 Å². The van der Waals surface area contributed by atoms with Gasteiger partial charge in [-0.05, 0) is 37.9 Å². The van der Waals surface area contributed by atoms with E-state index in [0.717, 1.165) is 17.8 Å². The predicted octanol–water partition coefficient (Wildman–Crippen LogP) is 1.62. The second-order valence-corrected chi connectivity index (χ2v) is 4.60. The molecular formula is C13H18N2O. The highest BCUT2D eigenvalue weighted by Crippen LogP contribution is 2.27. The van der Waals surface area contributed by atoms with Crippen molar-refractivity contribution in [3.63, 3.8) is 0 Å². The van der Waals surface area contributed by atoms with Gasteiger partial charge in [-0.25, -0.2) is 0 Å². The monoisotopic (exact) mass is 218 g/mol. The normalized spacial score (nSPS) is 20.6. The Bertz CT molecular complexity index is 414. The number of carbonyl (C=O) groups is 1. The number of hydrogen-bond acceptors (Lipinski definition) is 2. The molecule has 0 aliphatic carbocycles. The molecule has 2 rings (SSSR count). The maximum Gasteiger partial charge on any atom is 0.227 e. The maximum atomic E-state index is 11.9. The Balaban J connectivity index is 2.28. The standard InChI is InChI=1S/C13H18N2O/c1-9-3-4-12(10(2)5-9)15-8-11(7-14)6-13(15)16/h3-5,11H,6-8,14H2,1-2H3. The van der Waals surface area contributed by atoms with Crippen LogP contribution >= 0.6 is 0 Å². The summed E-state index contributed by atoms with van der Waals surface area (Å²) in [7, 11) is 0. The molecule has 0 saturated carbocycles. The molecule has 3 nitrogen and oxygen atoms in total. The zero-order valence-electron chi connectivity index (χ0n) is 9.86. The Hall–Kier alpha value is -1.35. The van der Waals surface area contributed by atoms with Crippen molar-refractivity contribution < 1.29 is 4.79 Å². The Morgan fingerprint density at radius 1 is 1.44 bits per heavy atom. The molecule has 1 saturated heterocycles. The van der Waals surface area contributed by atoms with E-state index in [0.29, 0.717) is 18.9 Å². The van der Waals surface area contributed by atoms with Gasteiger partial charge in [0.15, 0.2) is 0 Å². The van der Waals surface area contributed by atoms with Crippen LogP contribution in [-0.4, -0.2) is 19.0 Å². The van der Waals surface area contributed by atoms with Crippen LogP contribution in [0.5, 0.6) is 0 Å². The maximum absolute atomic E-state index is 11.9. The van der Waals surface area contributed by atoms with Crippen molar-refractivity contribution in [1.29, 1.82) is 0 Å². The fourth-order valence-corrected chi connectivity index (χ4v) is 2.28. The second kappa shape index (κ2) is 4.26. The van der Waals surface area contributed by atoms with Crippen molar-refractivity contribution in [3.05, 3.63) is 29.3 Å². The Morgan fingerprint density at radius 3 is 2.75 bits per heavy atom. The Labute approximate surface area is 96.2 Å². The zero-order chi connectivity index (χ0) is 11.7. The number of anilines is 1. The lowest BCUT2D eigenvalue weighted by Crippen LogP contribution is -2.26. The molecule has 1 unspecified atom stereocenters. The highest BCUT2D eigenvalue weighted by Gasteiger charge is 2.30. The quantitative estimate of drug-likeness (QED) is 0.819. The lowest BCUT2D eigenvalue weighted by Gasteiger charge is -2.19. The van der Waals surface area contributed by atoms with Gasteiger partial charge < -0.3 is 10.6 Å². The summed E-state index contributed by atoms with van der Waals surface area (Å²) in [5.74, 6) is 0.510. The van der Waals surface area contributed by atoms with E-state index in [2.05, 4.69) is 13.0 Å². The number of amides is 1. The first kappa shape index (κ1) is 11.1. The first-order valence-corrected chi connectivity index (χ1v) is 5.69. The van der Waals surface area contributed by atoms with Crippen molar-refractivity contribution in [2.24, 2.45) is 11.7 Å². The Morgan fingerprint density at radius 2 is 2.19 bits per heavy atom. The molecule has 86 valence electrons. The minimum atomic E-state index is 0.197. The summed E-state index contributed by atoms with van der Waals surface area (Å²) in [5.41, 5.74) is 9.04. The van der Waals surface area contributed by atoms with Gasteiger partial charge in [0.05, 0.1) is 0 Å². The minimum absolute atomic E-state index is 0.197. The highest BCUT2D eigenvalue weighted by molar-refractivity contribution is 5.96. The largest absolute Gasteiger partial charge is 0.330 e. The van der Waals surface area contributed by atoms with E-state index >= 15 is 0 Å². The van der Waals surface area contributed by atoms with Crippen molar-refractivity contribution in [2.75, 3.05) is 18.0 Å². The molecule has 1 atom stereocenters. The number of benzene rings is 1. The third-order valence-electron chi connectivity index (χ3n) is 3.18. The summed E-state index contributed by atoms with van der Waals surface area (Å²) in [6.45, 7) is 5.46. The summed E-state index contributed by atoms with van der Waals surface area (Å²) in [4.78, 5) is 13.7. The van der Waals surface area contributed by atoms with Crippen LogP contribution in [0.1, 0.15) is 17.5 Å². The van der Waals surface area contributed by atoms with E-state index in [1.54, 1.807) is 0 Å². The lowest BCUT2D eigenvalue weighted by molar-refractivity contribution is -0.117. The van der Waals surface area contributed by atoms with Crippen molar-refractivity contribution in [2.45, 2.75) is 20.3 Å². The molecule has 0 spiro atoms. The molecule has 2 N–H and O–H groups in total. The summed E-state index contributed by atoms with van der Waals surface area (Å²) >= 11 is 0. The van der Waals surface area contributed by atoms with Crippen molar-refractivity contribution >= 4 is 11.6 Å². The van der Waals surface area contributed by atoms with Gasteiger partial charge in [0, 0.05) is 18.7 Å². The molecule has 1 aliphatic rings. The predicted molar refractivity (Wildman–Crippen MR) is 65.4 cm³/mol. The first-order chi connectivity index (χ1) is 7.61. The molecule has 1 aliphatic heterocycles. The summed E-state index contributed by atoms with van der Waals surface area (Å²) in [6, 6.07) is 6.19. The van der Waals surface area contributed by atoms with Crippen LogP contribution in [0.25, 0.3) is 0 Å². The van der Waals surface area contributed by atoms with Crippen LogP contribution in [-0.2, 0) is 4.79 Å². The highest BCUT2D eigenvalue weighted by atomic mass is 16.2. The molecular weight excluding hydrogens is 200 g/mol. The number of aryl methyl sites for hydroxylation is 2. The lowest BCUT2D eigenvalue weighted by atomic mass is 10.1. The molecule has 1 fully saturated rings. The molecule has 1 amide bonds. The minimum Gasteiger partial charge on any atom is -0.330 e. The summed E-state index contributed by atoms with van der Waals surface area (Å²) in [6.07, 6.45) is 0.587. The molecule has 1 heterocycles. The van der Waals surface area contributed by atoms with Gasteiger partial charge >= 0.3 is 0 Å². The average molecular weight is 218 g/mol. The van der Waals surface area contributed by atoms with E-state index in [9.17, 15) is 4.79 Å².